The second-order valence-corrected chi connectivity index (χ2v) is 6.36. The van der Waals surface area contributed by atoms with Gasteiger partial charge in [-0.1, -0.05) is 24.3 Å². The average molecular weight is 367 g/mol. The summed E-state index contributed by atoms with van der Waals surface area (Å²) in [6, 6.07) is 9.43. The predicted octanol–water partition coefficient (Wildman–Crippen LogP) is 2.85. The van der Waals surface area contributed by atoms with E-state index in [1.165, 1.54) is 0 Å². The van der Waals surface area contributed by atoms with Crippen molar-refractivity contribution in [2.45, 2.75) is 13.3 Å². The molecule has 5 nitrogen and oxygen atoms in total. The van der Waals surface area contributed by atoms with E-state index in [9.17, 15) is 9.18 Å². The Morgan fingerprint density at radius 2 is 2.11 bits per heavy atom. The molecule has 0 saturated carbocycles. The number of aliphatic imine (C=N–C) groups is 1. The predicted molar refractivity (Wildman–Crippen MR) is 105 cm³/mol. The van der Waals surface area contributed by atoms with E-state index in [1.54, 1.807) is 32.3 Å². The molecule has 0 radical (unpaired) electrons. The number of benzene rings is 2. The van der Waals surface area contributed by atoms with E-state index in [4.69, 9.17) is 10.5 Å². The zero-order valence-electron chi connectivity index (χ0n) is 15.4. The minimum Gasteiger partial charge on any atom is -0.488 e. The van der Waals surface area contributed by atoms with Crippen LogP contribution in [0.15, 0.2) is 41.4 Å². The monoisotopic (exact) mass is 367 g/mol. The van der Waals surface area contributed by atoms with Crippen LogP contribution in [0.3, 0.4) is 0 Å². The van der Waals surface area contributed by atoms with Gasteiger partial charge in [0.2, 0.25) is 0 Å². The number of fused-ring (bicyclic) bond motifs is 1. The Morgan fingerprint density at radius 3 is 2.81 bits per heavy atom. The highest BCUT2D eigenvalue weighted by atomic mass is 19.1. The lowest BCUT2D eigenvalue weighted by Gasteiger charge is -2.14. The number of amides is 1. The van der Waals surface area contributed by atoms with E-state index < -0.39 is 5.82 Å². The Labute approximate surface area is 157 Å². The van der Waals surface area contributed by atoms with Crippen LogP contribution in [0.5, 0.6) is 5.75 Å². The minimum atomic E-state index is -0.470. The van der Waals surface area contributed by atoms with Gasteiger partial charge in [0.25, 0.3) is 5.91 Å². The topological polar surface area (TPSA) is 76.7 Å². The van der Waals surface area contributed by atoms with E-state index in [0.29, 0.717) is 24.2 Å². The molecule has 0 aromatic heterocycles. The van der Waals surface area contributed by atoms with E-state index in [0.717, 1.165) is 16.7 Å². The van der Waals surface area contributed by atoms with Crippen molar-refractivity contribution < 1.29 is 13.9 Å². The maximum Gasteiger partial charge on any atom is 0.255 e. The molecule has 0 bridgehead atoms. The summed E-state index contributed by atoms with van der Waals surface area (Å²) >= 11 is 0. The van der Waals surface area contributed by atoms with Crippen molar-refractivity contribution in [1.82, 2.24) is 5.32 Å². The van der Waals surface area contributed by atoms with Gasteiger partial charge in [0.05, 0.1) is 12.1 Å². The summed E-state index contributed by atoms with van der Waals surface area (Å²) in [5.74, 6) is -0.743. The van der Waals surface area contributed by atoms with Crippen LogP contribution in [-0.4, -0.2) is 32.3 Å². The van der Waals surface area contributed by atoms with Crippen LogP contribution in [0.4, 0.5) is 4.39 Å². The number of nitrogens with two attached hydrogens (primary N) is 1. The average Bonchev–Trinajstić information content (AvgIpc) is 2.86. The molecule has 6 heteroatoms. The highest BCUT2D eigenvalue weighted by Gasteiger charge is 2.23. The van der Waals surface area contributed by atoms with Crippen molar-refractivity contribution in [3.63, 3.8) is 0 Å². The number of nitrogens with one attached hydrogen (secondary N) is 1. The van der Waals surface area contributed by atoms with Crippen LogP contribution in [0, 0.1) is 12.7 Å². The van der Waals surface area contributed by atoms with Gasteiger partial charge < -0.3 is 15.8 Å². The third-order valence-corrected chi connectivity index (χ3v) is 4.54. The molecule has 2 aromatic carbocycles. The van der Waals surface area contributed by atoms with E-state index in [1.807, 2.05) is 24.3 Å². The number of halogens is 1. The number of allylic oxidation sites excluding steroid dienone is 1. The van der Waals surface area contributed by atoms with Crippen LogP contribution in [0.25, 0.3) is 5.70 Å². The Morgan fingerprint density at radius 1 is 1.37 bits per heavy atom. The minimum absolute atomic E-state index is 0.0390. The summed E-state index contributed by atoms with van der Waals surface area (Å²) in [4.78, 5) is 16.1. The third-order valence-electron chi connectivity index (χ3n) is 4.54. The van der Waals surface area contributed by atoms with Crippen LogP contribution in [0.1, 0.15) is 32.6 Å². The van der Waals surface area contributed by atoms with Crippen molar-refractivity contribution >= 4 is 17.8 Å². The zero-order valence-corrected chi connectivity index (χ0v) is 15.4. The van der Waals surface area contributed by atoms with Gasteiger partial charge in [-0.25, -0.2) is 4.39 Å². The first-order chi connectivity index (χ1) is 13.0. The quantitative estimate of drug-likeness (QED) is 0.816. The van der Waals surface area contributed by atoms with Gasteiger partial charge in [0, 0.05) is 19.0 Å². The molecular weight excluding hydrogens is 345 g/mol. The normalized spacial score (nSPS) is 14.5. The van der Waals surface area contributed by atoms with Crippen LogP contribution in [-0.2, 0) is 6.42 Å². The molecule has 140 valence electrons. The third kappa shape index (κ3) is 4.00. The Balaban J connectivity index is 1.90. The molecule has 3 rings (SSSR count). The maximum atomic E-state index is 14.7. The fourth-order valence-electron chi connectivity index (χ4n) is 2.97. The molecule has 1 amide bonds. The Kier molecular flexibility index (Phi) is 5.54. The zero-order chi connectivity index (χ0) is 19.4. The molecule has 0 spiro atoms. The SMILES string of the molecule is CN=C/C=C(\N)c1ccc(Cc2cc3c(c(F)c2C)OCCNC3=O)cc1. The molecule has 1 heterocycles. The molecule has 0 fully saturated rings. The lowest BCUT2D eigenvalue weighted by atomic mass is 9.96. The number of nitrogens with zero attached hydrogens (tertiary/aromatic N) is 1. The molecule has 1 aliphatic heterocycles. The molecule has 1 aliphatic rings. The Hall–Kier alpha value is -3.15. The van der Waals surface area contributed by atoms with Gasteiger partial charge in [-0.3, -0.25) is 9.79 Å². The second-order valence-electron chi connectivity index (χ2n) is 6.36. The first kappa shape index (κ1) is 18.6. The van der Waals surface area contributed by atoms with Crippen molar-refractivity contribution in [2.24, 2.45) is 10.7 Å². The van der Waals surface area contributed by atoms with Crippen LogP contribution < -0.4 is 15.8 Å². The summed E-state index contributed by atoms with van der Waals surface area (Å²) < 4.78 is 20.2. The standard InChI is InChI=1S/C21H22FN3O2/c1-13-16(12-17-20(19(13)22)27-10-9-25-21(17)26)11-14-3-5-15(6-4-14)18(23)7-8-24-2/h3-8,12H,9-11,23H2,1-2H3,(H,25,26)/b18-7-,24-8?. The first-order valence-corrected chi connectivity index (χ1v) is 8.71. The van der Waals surface area contributed by atoms with Crippen molar-refractivity contribution in [1.29, 1.82) is 0 Å². The van der Waals surface area contributed by atoms with Gasteiger partial charge in [-0.05, 0) is 47.7 Å². The molecule has 0 aliphatic carbocycles. The van der Waals surface area contributed by atoms with Crippen molar-refractivity contribution in [3.8, 4) is 5.75 Å². The molecule has 2 aromatic rings. The molecule has 27 heavy (non-hydrogen) atoms. The summed E-state index contributed by atoms with van der Waals surface area (Å²) in [6.45, 7) is 2.32. The summed E-state index contributed by atoms with van der Waals surface area (Å²) in [5, 5.41) is 2.71. The second kappa shape index (κ2) is 8.03. The number of hydrogen-bond acceptors (Lipinski definition) is 4. The van der Waals surface area contributed by atoms with Crippen molar-refractivity contribution in [2.75, 3.05) is 20.2 Å². The summed E-state index contributed by atoms with van der Waals surface area (Å²) in [6.07, 6.45) is 3.88. The van der Waals surface area contributed by atoms with Gasteiger partial charge in [-0.2, -0.15) is 0 Å². The highest BCUT2D eigenvalue weighted by Crippen LogP contribution is 2.31. The molecule has 0 unspecified atom stereocenters. The van der Waals surface area contributed by atoms with E-state index in [2.05, 4.69) is 10.3 Å². The largest absolute Gasteiger partial charge is 0.488 e. The van der Waals surface area contributed by atoms with Crippen LogP contribution in [0.2, 0.25) is 0 Å². The first-order valence-electron chi connectivity index (χ1n) is 8.71. The molecule has 0 atom stereocenters. The van der Waals surface area contributed by atoms with Crippen molar-refractivity contribution in [3.05, 3.63) is 70.0 Å². The molecule has 0 saturated heterocycles. The molecule has 3 N–H and O–H groups in total. The Bertz CT molecular complexity index is 918. The summed E-state index contributed by atoms with van der Waals surface area (Å²) in [5.41, 5.74) is 9.98. The van der Waals surface area contributed by atoms with Gasteiger partial charge in [0.1, 0.15) is 6.61 Å². The fraction of sp³-hybridized carbons (Fsp3) is 0.238. The maximum absolute atomic E-state index is 14.7. The fourth-order valence-corrected chi connectivity index (χ4v) is 2.97. The van der Waals surface area contributed by atoms with E-state index in [-0.39, 0.29) is 23.8 Å². The smallest absolute Gasteiger partial charge is 0.255 e. The van der Waals surface area contributed by atoms with E-state index >= 15 is 0 Å². The number of carbonyl (C=O) groups is 1. The number of ether oxygens (including phenoxy) is 1. The number of rotatable bonds is 4. The number of hydrogen-bond donors (Lipinski definition) is 2. The summed E-state index contributed by atoms with van der Waals surface area (Å²) in [7, 11) is 1.68. The lowest BCUT2D eigenvalue weighted by Crippen LogP contribution is -2.24. The number of carbonyl (C=O) groups excluding carboxylic acids is 1. The lowest BCUT2D eigenvalue weighted by molar-refractivity contribution is 0.0957. The van der Waals surface area contributed by atoms with Gasteiger partial charge >= 0.3 is 0 Å². The highest BCUT2D eigenvalue weighted by molar-refractivity contribution is 5.97. The van der Waals surface area contributed by atoms with Crippen LogP contribution >= 0.6 is 0 Å². The van der Waals surface area contributed by atoms with Gasteiger partial charge in [-0.15, -0.1) is 0 Å². The molecular formula is C21H22FN3O2. The van der Waals surface area contributed by atoms with Gasteiger partial charge in [0.15, 0.2) is 11.6 Å².